The number of nitrogens with zero attached hydrogens (tertiary/aromatic N) is 2. The zero-order valence-electron chi connectivity index (χ0n) is 14.1. The van der Waals surface area contributed by atoms with Crippen LogP contribution in [0.4, 0.5) is 0 Å². The minimum atomic E-state index is -0.609. The second-order valence-corrected chi connectivity index (χ2v) is 7.31. The lowest BCUT2D eigenvalue weighted by Gasteiger charge is -2.33. The summed E-state index contributed by atoms with van der Waals surface area (Å²) in [6, 6.07) is 0. The first-order valence-electron chi connectivity index (χ1n) is 8.85. The molecule has 0 aromatic carbocycles. The quantitative estimate of drug-likeness (QED) is 0.764. The van der Waals surface area contributed by atoms with Gasteiger partial charge in [0.05, 0.1) is 5.54 Å². The maximum Gasteiger partial charge on any atom is 0.240 e. The van der Waals surface area contributed by atoms with Crippen molar-refractivity contribution >= 4 is 5.91 Å². The van der Waals surface area contributed by atoms with Crippen LogP contribution in [0.15, 0.2) is 6.20 Å². The fourth-order valence-corrected chi connectivity index (χ4v) is 3.90. The summed E-state index contributed by atoms with van der Waals surface area (Å²) in [6.45, 7) is 5.77. The molecule has 6 nitrogen and oxygen atoms in total. The van der Waals surface area contributed by atoms with Gasteiger partial charge in [-0.15, -0.1) is 0 Å². The normalized spacial score (nSPS) is 24.7. The van der Waals surface area contributed by atoms with E-state index in [0.717, 1.165) is 57.7 Å². The fourth-order valence-electron chi connectivity index (χ4n) is 3.90. The molecule has 6 heteroatoms. The van der Waals surface area contributed by atoms with E-state index in [9.17, 15) is 4.79 Å². The van der Waals surface area contributed by atoms with Gasteiger partial charge in [0, 0.05) is 31.5 Å². The molecule has 2 heterocycles. The van der Waals surface area contributed by atoms with Crippen LogP contribution in [0.5, 0.6) is 0 Å². The lowest BCUT2D eigenvalue weighted by atomic mass is 9.95. The van der Waals surface area contributed by atoms with Crippen molar-refractivity contribution in [1.82, 2.24) is 20.2 Å². The summed E-state index contributed by atoms with van der Waals surface area (Å²) >= 11 is 0. The number of carbonyl (C=O) groups excluding carboxylic acids is 1. The number of imidazole rings is 1. The van der Waals surface area contributed by atoms with Crippen molar-refractivity contribution in [3.05, 3.63) is 17.7 Å². The lowest BCUT2D eigenvalue weighted by Crippen LogP contribution is -2.53. The Hall–Kier alpha value is -1.40. The molecular formula is C17H29N5O. The molecule has 1 aromatic heterocycles. The molecule has 2 aliphatic rings. The number of likely N-dealkylation sites (tertiary alicyclic amines) is 1. The molecule has 1 amide bonds. The fraction of sp³-hybridized carbons (Fsp3) is 0.765. The summed E-state index contributed by atoms with van der Waals surface area (Å²) in [4.78, 5) is 22.3. The van der Waals surface area contributed by atoms with E-state index in [1.165, 1.54) is 18.5 Å². The number of rotatable bonds is 5. The number of piperidine rings is 1. The number of nitrogens with two attached hydrogens (primary N) is 1. The molecule has 1 aliphatic carbocycles. The van der Waals surface area contributed by atoms with E-state index in [1.807, 2.05) is 13.1 Å². The average Bonchev–Trinajstić information content (AvgIpc) is 3.15. The molecule has 23 heavy (non-hydrogen) atoms. The maximum absolute atomic E-state index is 12.3. The van der Waals surface area contributed by atoms with E-state index < -0.39 is 5.54 Å². The maximum atomic E-state index is 12.3. The zero-order valence-corrected chi connectivity index (χ0v) is 14.1. The van der Waals surface area contributed by atoms with Gasteiger partial charge in [-0.1, -0.05) is 12.8 Å². The molecule has 1 aromatic rings. The van der Waals surface area contributed by atoms with Gasteiger partial charge >= 0.3 is 0 Å². The number of H-pyrrole nitrogens is 1. The molecule has 2 fully saturated rings. The third kappa shape index (κ3) is 4.12. The Morgan fingerprint density at radius 3 is 2.96 bits per heavy atom. The smallest absolute Gasteiger partial charge is 0.240 e. The van der Waals surface area contributed by atoms with Crippen LogP contribution in [0, 0.1) is 12.8 Å². The van der Waals surface area contributed by atoms with Crippen LogP contribution in [-0.2, 0) is 11.3 Å². The molecule has 0 bridgehead atoms. The SMILES string of the molecule is Cc1ncc(CN2CCCC(CNC(=O)C3(N)CCCC3)C2)[nH]1. The second-order valence-electron chi connectivity index (χ2n) is 7.31. The van der Waals surface area contributed by atoms with Crippen molar-refractivity contribution in [2.75, 3.05) is 19.6 Å². The van der Waals surface area contributed by atoms with Crippen molar-refractivity contribution in [1.29, 1.82) is 0 Å². The standard InChI is InChI=1S/C17H29N5O/c1-13-19-10-15(21-13)12-22-8-4-5-14(11-22)9-20-16(23)17(18)6-2-3-7-17/h10,14H,2-9,11-12,18H2,1H3,(H,19,21)(H,20,23). The Bertz CT molecular complexity index is 535. The van der Waals surface area contributed by atoms with Gasteiger partial charge in [0.1, 0.15) is 5.82 Å². The number of carbonyl (C=O) groups is 1. The average molecular weight is 319 g/mol. The van der Waals surface area contributed by atoms with Crippen LogP contribution in [0.1, 0.15) is 50.0 Å². The van der Waals surface area contributed by atoms with Gasteiger partial charge in [0.2, 0.25) is 5.91 Å². The van der Waals surface area contributed by atoms with Crippen molar-refractivity contribution in [2.45, 2.75) is 57.5 Å². The van der Waals surface area contributed by atoms with Gasteiger partial charge in [-0.25, -0.2) is 4.98 Å². The Balaban J connectivity index is 1.46. The monoisotopic (exact) mass is 319 g/mol. The first-order chi connectivity index (χ1) is 11.0. The Kier molecular flexibility index (Phi) is 5.02. The lowest BCUT2D eigenvalue weighted by molar-refractivity contribution is -0.126. The van der Waals surface area contributed by atoms with Crippen molar-refractivity contribution < 1.29 is 4.79 Å². The molecule has 3 rings (SSSR count). The highest BCUT2D eigenvalue weighted by molar-refractivity contribution is 5.86. The summed E-state index contributed by atoms with van der Waals surface area (Å²) < 4.78 is 0. The van der Waals surface area contributed by atoms with Crippen molar-refractivity contribution in [3.8, 4) is 0 Å². The largest absolute Gasteiger partial charge is 0.354 e. The van der Waals surface area contributed by atoms with E-state index in [0.29, 0.717) is 5.92 Å². The Labute approximate surface area is 138 Å². The molecule has 4 N–H and O–H groups in total. The third-order valence-electron chi connectivity index (χ3n) is 5.25. The number of hydrogen-bond donors (Lipinski definition) is 3. The minimum absolute atomic E-state index is 0.0521. The van der Waals surface area contributed by atoms with E-state index in [4.69, 9.17) is 5.73 Å². The first kappa shape index (κ1) is 16.5. The molecule has 0 radical (unpaired) electrons. The van der Waals surface area contributed by atoms with Gasteiger partial charge in [-0.05, 0) is 45.1 Å². The van der Waals surface area contributed by atoms with Crippen LogP contribution >= 0.6 is 0 Å². The predicted octanol–water partition coefficient (Wildman–Crippen LogP) is 1.32. The van der Waals surface area contributed by atoms with Gasteiger partial charge in [-0.2, -0.15) is 0 Å². The van der Waals surface area contributed by atoms with Crippen LogP contribution < -0.4 is 11.1 Å². The highest BCUT2D eigenvalue weighted by Crippen LogP contribution is 2.27. The van der Waals surface area contributed by atoms with Gasteiger partial charge in [0.25, 0.3) is 0 Å². The molecule has 1 aliphatic heterocycles. The summed E-state index contributed by atoms with van der Waals surface area (Å²) in [6.07, 6.45) is 8.08. The summed E-state index contributed by atoms with van der Waals surface area (Å²) in [5.41, 5.74) is 6.77. The number of aromatic amines is 1. The van der Waals surface area contributed by atoms with Crippen molar-refractivity contribution in [2.24, 2.45) is 11.7 Å². The molecule has 128 valence electrons. The predicted molar refractivity (Wildman–Crippen MR) is 89.7 cm³/mol. The minimum Gasteiger partial charge on any atom is -0.354 e. The van der Waals surface area contributed by atoms with Crippen LogP contribution in [0.2, 0.25) is 0 Å². The Morgan fingerprint density at radius 2 is 2.26 bits per heavy atom. The summed E-state index contributed by atoms with van der Waals surface area (Å²) in [5, 5.41) is 3.11. The number of amides is 1. The number of aryl methyl sites for hydroxylation is 1. The third-order valence-corrected chi connectivity index (χ3v) is 5.25. The topological polar surface area (TPSA) is 87.0 Å². The van der Waals surface area contributed by atoms with E-state index in [-0.39, 0.29) is 5.91 Å². The Morgan fingerprint density at radius 1 is 1.48 bits per heavy atom. The van der Waals surface area contributed by atoms with Gasteiger partial charge < -0.3 is 16.0 Å². The van der Waals surface area contributed by atoms with Gasteiger partial charge in [0.15, 0.2) is 0 Å². The molecule has 1 unspecified atom stereocenters. The second kappa shape index (κ2) is 7.01. The van der Waals surface area contributed by atoms with E-state index in [2.05, 4.69) is 20.2 Å². The van der Waals surface area contributed by atoms with Crippen LogP contribution in [0.3, 0.4) is 0 Å². The van der Waals surface area contributed by atoms with Crippen molar-refractivity contribution in [3.63, 3.8) is 0 Å². The molecule has 1 atom stereocenters. The summed E-state index contributed by atoms with van der Waals surface area (Å²) in [7, 11) is 0. The molecule has 1 saturated carbocycles. The molecular weight excluding hydrogens is 290 g/mol. The van der Waals surface area contributed by atoms with Crippen LogP contribution in [-0.4, -0.2) is 45.9 Å². The number of aromatic nitrogens is 2. The number of hydrogen-bond acceptors (Lipinski definition) is 4. The van der Waals surface area contributed by atoms with Crippen LogP contribution in [0.25, 0.3) is 0 Å². The van der Waals surface area contributed by atoms with E-state index in [1.54, 1.807) is 0 Å². The zero-order chi connectivity index (χ0) is 16.3. The highest BCUT2D eigenvalue weighted by Gasteiger charge is 2.37. The molecule has 0 spiro atoms. The summed E-state index contributed by atoms with van der Waals surface area (Å²) in [5.74, 6) is 1.53. The molecule has 1 saturated heterocycles. The highest BCUT2D eigenvalue weighted by atomic mass is 16.2. The van der Waals surface area contributed by atoms with Gasteiger partial charge in [-0.3, -0.25) is 9.69 Å². The van der Waals surface area contributed by atoms with E-state index >= 15 is 0 Å². The first-order valence-corrected chi connectivity index (χ1v) is 8.85. The number of nitrogens with one attached hydrogen (secondary N) is 2.